The zero-order valence-electron chi connectivity index (χ0n) is 17.0. The second-order valence-electron chi connectivity index (χ2n) is 7.10. The van der Waals surface area contributed by atoms with Crippen LogP contribution in [0, 0.1) is 0 Å². The van der Waals surface area contributed by atoms with Crippen molar-refractivity contribution < 1.29 is 0 Å². The monoisotopic (exact) mass is 487 g/mol. The molecule has 1 fully saturated rings. The molecule has 2 aromatic heterocycles. The van der Waals surface area contributed by atoms with Gasteiger partial charge in [0, 0.05) is 31.9 Å². The third kappa shape index (κ3) is 11.1. The van der Waals surface area contributed by atoms with E-state index in [1.54, 1.807) is 0 Å². The van der Waals surface area contributed by atoms with Gasteiger partial charge in [0.2, 0.25) is 0 Å². The second-order valence-corrected chi connectivity index (χ2v) is 7.10. The van der Waals surface area contributed by atoms with E-state index in [0.717, 1.165) is 44.4 Å². The van der Waals surface area contributed by atoms with Crippen LogP contribution in [0.3, 0.4) is 0 Å². The summed E-state index contributed by atoms with van der Waals surface area (Å²) in [6.45, 7) is 5.25. The number of fused-ring (bicyclic) bond motifs is 1. The number of halogens is 4. The average Bonchev–Trinajstić information content (AvgIpc) is 3.07. The Hall–Kier alpha value is -0.270. The van der Waals surface area contributed by atoms with Crippen LogP contribution in [0.4, 0.5) is 0 Å². The maximum atomic E-state index is 4.42. The lowest BCUT2D eigenvalue weighted by molar-refractivity contribution is 0.372. The normalized spacial score (nSPS) is 13.7. The molecule has 0 radical (unpaired) electrons. The number of aromatic nitrogens is 2. The predicted molar refractivity (Wildman–Crippen MR) is 133 cm³/mol. The quantitative estimate of drug-likeness (QED) is 0.410. The van der Waals surface area contributed by atoms with Gasteiger partial charge in [-0.05, 0) is 50.9 Å². The fourth-order valence-electron chi connectivity index (χ4n) is 3.63. The van der Waals surface area contributed by atoms with Crippen LogP contribution in [0.15, 0.2) is 30.6 Å². The Morgan fingerprint density at radius 3 is 2.34 bits per heavy atom. The van der Waals surface area contributed by atoms with Crippen LogP contribution >= 0.6 is 49.6 Å². The molecule has 29 heavy (non-hydrogen) atoms. The van der Waals surface area contributed by atoms with Gasteiger partial charge >= 0.3 is 0 Å². The van der Waals surface area contributed by atoms with Crippen LogP contribution in [0.25, 0.3) is 5.65 Å². The molecule has 0 unspecified atom stereocenters. The number of hydrogen-bond acceptors (Lipinski definition) is 4. The topological polar surface area (TPSA) is 53.4 Å². The number of hydrogen-bond donors (Lipinski definition) is 3. The molecule has 3 rings (SSSR count). The standard InChI is InChI=1S/C20H33N5.4ClH/c1-2-8-18(9-3-1)23-14-13-21-11-5-6-12-22-16-19-17-24-20-10-4-7-15-25(19)20;;;;/h4,7,10,15,17-18,21-23H,1-3,5-6,8-9,11-14,16H2;4*1H. The van der Waals surface area contributed by atoms with Gasteiger partial charge in [-0.3, -0.25) is 0 Å². The van der Waals surface area contributed by atoms with E-state index in [1.807, 2.05) is 24.4 Å². The van der Waals surface area contributed by atoms with Crippen LogP contribution in [0.1, 0.15) is 50.6 Å². The summed E-state index contributed by atoms with van der Waals surface area (Å²) in [7, 11) is 0. The van der Waals surface area contributed by atoms with Crippen molar-refractivity contribution in [3.63, 3.8) is 0 Å². The zero-order chi connectivity index (χ0) is 17.2. The maximum Gasteiger partial charge on any atom is 0.136 e. The van der Waals surface area contributed by atoms with E-state index >= 15 is 0 Å². The first kappa shape index (κ1) is 30.9. The van der Waals surface area contributed by atoms with Gasteiger partial charge in [-0.1, -0.05) is 25.3 Å². The van der Waals surface area contributed by atoms with Gasteiger partial charge in [-0.2, -0.15) is 0 Å². The summed E-state index contributed by atoms with van der Waals surface area (Å²) in [5.41, 5.74) is 2.24. The maximum absolute atomic E-state index is 4.42. The predicted octanol–water partition coefficient (Wildman–Crippen LogP) is 4.40. The van der Waals surface area contributed by atoms with Gasteiger partial charge in [0.15, 0.2) is 0 Å². The van der Waals surface area contributed by atoms with Crippen molar-refractivity contribution in [2.45, 2.75) is 57.5 Å². The molecular formula is C20H37Cl4N5. The summed E-state index contributed by atoms with van der Waals surface area (Å²) in [5, 5.41) is 10.8. The second kappa shape index (κ2) is 18.5. The van der Waals surface area contributed by atoms with Gasteiger partial charge < -0.3 is 20.4 Å². The highest BCUT2D eigenvalue weighted by molar-refractivity contribution is 5.86. The first-order valence-electron chi connectivity index (χ1n) is 9.99. The van der Waals surface area contributed by atoms with E-state index in [-0.39, 0.29) is 49.6 Å². The number of nitrogens with one attached hydrogen (secondary N) is 3. The number of imidazole rings is 1. The van der Waals surface area contributed by atoms with Crippen LogP contribution < -0.4 is 16.0 Å². The van der Waals surface area contributed by atoms with Crippen molar-refractivity contribution in [3.05, 3.63) is 36.3 Å². The summed E-state index contributed by atoms with van der Waals surface area (Å²) in [5.74, 6) is 0. The summed E-state index contributed by atoms with van der Waals surface area (Å²) < 4.78 is 2.15. The molecule has 0 aromatic carbocycles. The van der Waals surface area contributed by atoms with E-state index in [1.165, 1.54) is 50.6 Å². The lowest BCUT2D eigenvalue weighted by Gasteiger charge is -2.22. The number of rotatable bonds is 11. The molecule has 0 bridgehead atoms. The molecule has 1 aliphatic rings. The van der Waals surface area contributed by atoms with E-state index in [9.17, 15) is 0 Å². The molecule has 1 saturated carbocycles. The first-order chi connectivity index (χ1) is 12.4. The smallest absolute Gasteiger partial charge is 0.136 e. The van der Waals surface area contributed by atoms with Crippen LogP contribution in [-0.4, -0.2) is 41.6 Å². The third-order valence-corrected chi connectivity index (χ3v) is 5.10. The minimum Gasteiger partial charge on any atom is -0.315 e. The Kier molecular flexibility index (Phi) is 19.7. The summed E-state index contributed by atoms with van der Waals surface area (Å²) in [4.78, 5) is 4.42. The Morgan fingerprint density at radius 1 is 0.862 bits per heavy atom. The molecule has 2 heterocycles. The Morgan fingerprint density at radius 2 is 1.59 bits per heavy atom. The lowest BCUT2D eigenvalue weighted by atomic mass is 9.95. The fourth-order valence-corrected chi connectivity index (χ4v) is 3.63. The molecule has 0 spiro atoms. The highest BCUT2D eigenvalue weighted by Crippen LogP contribution is 2.16. The SMILES string of the molecule is Cl.Cl.Cl.Cl.c1ccn2c(CNCCCCNCCNC3CCCCC3)cnc2c1. The Bertz CT molecular complexity index is 620. The molecular weight excluding hydrogens is 452 g/mol. The van der Waals surface area contributed by atoms with Crippen molar-refractivity contribution in [1.82, 2.24) is 25.3 Å². The molecule has 0 atom stereocenters. The van der Waals surface area contributed by atoms with Gasteiger partial charge in [0.1, 0.15) is 5.65 Å². The van der Waals surface area contributed by atoms with Gasteiger partial charge in [-0.25, -0.2) is 4.98 Å². The highest BCUT2D eigenvalue weighted by atomic mass is 35.5. The Labute approximate surface area is 200 Å². The van der Waals surface area contributed by atoms with Crippen molar-refractivity contribution in [3.8, 4) is 0 Å². The molecule has 2 aromatic rings. The van der Waals surface area contributed by atoms with Gasteiger partial charge in [0.25, 0.3) is 0 Å². The first-order valence-corrected chi connectivity index (χ1v) is 9.99. The summed E-state index contributed by atoms with van der Waals surface area (Å²) in [6, 6.07) is 6.89. The summed E-state index contributed by atoms with van der Waals surface area (Å²) in [6.07, 6.45) is 13.5. The number of unbranched alkanes of at least 4 members (excludes halogenated alkanes) is 1. The van der Waals surface area contributed by atoms with Crippen LogP contribution in [0.2, 0.25) is 0 Å². The molecule has 3 N–H and O–H groups in total. The zero-order valence-corrected chi connectivity index (χ0v) is 20.2. The largest absolute Gasteiger partial charge is 0.315 e. The molecule has 0 saturated heterocycles. The molecule has 9 heteroatoms. The third-order valence-electron chi connectivity index (χ3n) is 5.10. The van der Waals surface area contributed by atoms with E-state index in [0.29, 0.717) is 0 Å². The van der Waals surface area contributed by atoms with E-state index in [2.05, 4.69) is 31.5 Å². The minimum atomic E-state index is 0. The molecule has 0 aliphatic heterocycles. The number of nitrogens with zero attached hydrogens (tertiary/aromatic N) is 2. The van der Waals surface area contributed by atoms with Crippen LogP contribution in [-0.2, 0) is 6.54 Å². The molecule has 0 amide bonds. The molecule has 5 nitrogen and oxygen atoms in total. The lowest BCUT2D eigenvalue weighted by Crippen LogP contribution is -2.36. The van der Waals surface area contributed by atoms with E-state index < -0.39 is 0 Å². The highest BCUT2D eigenvalue weighted by Gasteiger charge is 2.11. The Balaban J connectivity index is 0. The van der Waals surface area contributed by atoms with Crippen molar-refractivity contribution in [2.24, 2.45) is 0 Å². The van der Waals surface area contributed by atoms with Crippen molar-refractivity contribution >= 4 is 55.3 Å². The summed E-state index contributed by atoms with van der Waals surface area (Å²) >= 11 is 0. The minimum absolute atomic E-state index is 0. The van der Waals surface area contributed by atoms with E-state index in [4.69, 9.17) is 0 Å². The molecule has 170 valence electrons. The van der Waals surface area contributed by atoms with Crippen molar-refractivity contribution in [1.29, 1.82) is 0 Å². The van der Waals surface area contributed by atoms with Crippen molar-refractivity contribution in [2.75, 3.05) is 26.2 Å². The molecule has 1 aliphatic carbocycles. The fraction of sp³-hybridized carbons (Fsp3) is 0.650. The van der Waals surface area contributed by atoms with Gasteiger partial charge in [0.05, 0.1) is 11.9 Å². The average molecular weight is 489 g/mol. The van der Waals surface area contributed by atoms with Gasteiger partial charge in [-0.15, -0.1) is 49.6 Å². The van der Waals surface area contributed by atoms with Crippen LogP contribution in [0.5, 0.6) is 0 Å². The number of pyridine rings is 1.